The van der Waals surface area contributed by atoms with Gasteiger partial charge in [0.25, 0.3) is 0 Å². The maximum absolute atomic E-state index is 13.2. The van der Waals surface area contributed by atoms with E-state index < -0.39 is 17.5 Å². The predicted molar refractivity (Wildman–Crippen MR) is 78.2 cm³/mol. The third kappa shape index (κ3) is 3.06. The minimum atomic E-state index is -1.05. The molecule has 2 aromatic rings. The first kappa shape index (κ1) is 14.7. The lowest BCUT2D eigenvalue weighted by atomic mass is 9.92. The van der Waals surface area contributed by atoms with E-state index in [1.54, 1.807) is 24.3 Å². The van der Waals surface area contributed by atoms with Gasteiger partial charge in [-0.15, -0.1) is 0 Å². The summed E-state index contributed by atoms with van der Waals surface area (Å²) in [5.41, 5.74) is 0.671. The molecule has 0 fully saturated rings. The normalized spacial score (nSPS) is 11.7. The molecule has 0 heterocycles. The van der Waals surface area contributed by atoms with Crippen molar-refractivity contribution in [1.29, 1.82) is 5.26 Å². The van der Waals surface area contributed by atoms with Crippen LogP contribution in [0.25, 0.3) is 0 Å². The summed E-state index contributed by atoms with van der Waals surface area (Å²) >= 11 is 9.06. The molecule has 2 nitrogen and oxygen atoms in total. The van der Waals surface area contributed by atoms with Gasteiger partial charge in [0.2, 0.25) is 0 Å². The molecule has 0 aromatic heterocycles. The van der Waals surface area contributed by atoms with Gasteiger partial charge in [0.05, 0.1) is 6.07 Å². The second kappa shape index (κ2) is 6.17. The molecule has 0 saturated heterocycles. The van der Waals surface area contributed by atoms with E-state index in [9.17, 15) is 14.4 Å². The van der Waals surface area contributed by atoms with E-state index in [4.69, 9.17) is 11.6 Å². The lowest BCUT2D eigenvalue weighted by Crippen LogP contribution is -2.12. The number of rotatable bonds is 3. The number of nitriles is 1. The molecule has 0 amide bonds. The van der Waals surface area contributed by atoms with Gasteiger partial charge in [-0.1, -0.05) is 23.7 Å². The molecule has 2 rings (SSSR count). The number of carbonyl (C=O) groups excluding carboxylic acids is 1. The highest BCUT2D eigenvalue weighted by atomic mass is 79.9. The number of hydrogen-bond donors (Lipinski definition) is 0. The van der Waals surface area contributed by atoms with Gasteiger partial charge in [-0.25, -0.2) is 4.39 Å². The van der Waals surface area contributed by atoms with E-state index in [1.807, 2.05) is 6.07 Å². The monoisotopic (exact) mass is 351 g/mol. The van der Waals surface area contributed by atoms with Crippen LogP contribution in [-0.4, -0.2) is 5.78 Å². The molecule has 0 N–H and O–H groups in total. The van der Waals surface area contributed by atoms with Crippen LogP contribution in [0.5, 0.6) is 0 Å². The summed E-state index contributed by atoms with van der Waals surface area (Å²) in [6.45, 7) is 0. The molecule has 1 unspecified atom stereocenters. The average Bonchev–Trinajstić information content (AvgIpc) is 2.39. The van der Waals surface area contributed by atoms with Crippen molar-refractivity contribution in [2.75, 3.05) is 0 Å². The molecule has 0 aliphatic rings. The molecule has 1 atom stereocenters. The van der Waals surface area contributed by atoms with Crippen LogP contribution < -0.4 is 0 Å². The molecule has 0 radical (unpaired) electrons. The van der Waals surface area contributed by atoms with E-state index in [2.05, 4.69) is 15.9 Å². The van der Waals surface area contributed by atoms with E-state index in [0.717, 1.165) is 0 Å². The van der Waals surface area contributed by atoms with Crippen molar-refractivity contribution >= 4 is 33.3 Å². The van der Waals surface area contributed by atoms with E-state index >= 15 is 0 Å². The molecular weight excluding hydrogens is 345 g/mol. The summed E-state index contributed by atoms with van der Waals surface area (Å²) in [4.78, 5) is 12.4. The van der Waals surface area contributed by atoms with Gasteiger partial charge in [-0.2, -0.15) is 5.26 Å². The van der Waals surface area contributed by atoms with Crippen molar-refractivity contribution in [3.05, 3.63) is 68.9 Å². The summed E-state index contributed by atoms with van der Waals surface area (Å²) in [6.07, 6.45) is 0. The van der Waals surface area contributed by atoms with Crippen molar-refractivity contribution in [3.8, 4) is 6.07 Å². The van der Waals surface area contributed by atoms with Crippen molar-refractivity contribution < 1.29 is 9.18 Å². The van der Waals surface area contributed by atoms with Crippen molar-refractivity contribution in [3.63, 3.8) is 0 Å². The lowest BCUT2D eigenvalue weighted by Gasteiger charge is -2.10. The first-order chi connectivity index (χ1) is 9.52. The summed E-state index contributed by atoms with van der Waals surface area (Å²) in [7, 11) is 0. The molecular formula is C15H8BrClFNO. The molecule has 20 heavy (non-hydrogen) atoms. The SMILES string of the molecule is N#CC(C(=O)c1ccc(Cl)cc1Br)c1cccc(F)c1. The van der Waals surface area contributed by atoms with Gasteiger partial charge in [0, 0.05) is 15.1 Å². The number of nitrogens with zero attached hydrogens (tertiary/aromatic N) is 1. The summed E-state index contributed by atoms with van der Waals surface area (Å²) in [5.74, 6) is -1.93. The topological polar surface area (TPSA) is 40.9 Å². The zero-order valence-corrected chi connectivity index (χ0v) is 12.5. The molecule has 0 bridgehead atoms. The summed E-state index contributed by atoms with van der Waals surface area (Å²) in [6, 6.07) is 12.1. The minimum Gasteiger partial charge on any atom is -0.292 e. The summed E-state index contributed by atoms with van der Waals surface area (Å²) in [5, 5.41) is 9.69. The molecule has 2 aromatic carbocycles. The minimum absolute atomic E-state index is 0.333. The molecule has 100 valence electrons. The van der Waals surface area contributed by atoms with Crippen LogP contribution in [0.2, 0.25) is 5.02 Å². The second-order valence-electron chi connectivity index (χ2n) is 4.11. The first-order valence-electron chi connectivity index (χ1n) is 5.67. The molecule has 5 heteroatoms. The predicted octanol–water partition coefficient (Wildman–Crippen LogP) is 4.73. The third-order valence-electron chi connectivity index (χ3n) is 2.77. The number of carbonyl (C=O) groups is 1. The van der Waals surface area contributed by atoms with Crippen LogP contribution >= 0.6 is 27.5 Å². The zero-order chi connectivity index (χ0) is 14.7. The number of halogens is 3. The Kier molecular flexibility index (Phi) is 4.53. The first-order valence-corrected chi connectivity index (χ1v) is 6.84. The van der Waals surface area contributed by atoms with Crippen molar-refractivity contribution in [2.45, 2.75) is 5.92 Å². The third-order valence-corrected chi connectivity index (χ3v) is 3.66. The van der Waals surface area contributed by atoms with Crippen LogP contribution in [-0.2, 0) is 0 Å². The van der Waals surface area contributed by atoms with Crippen LogP contribution in [0, 0.1) is 17.1 Å². The Labute approximate surface area is 128 Å². The van der Waals surface area contributed by atoms with E-state index in [1.165, 1.54) is 18.2 Å². The Balaban J connectivity index is 2.42. The van der Waals surface area contributed by atoms with Gasteiger partial charge in [-0.05, 0) is 51.8 Å². The van der Waals surface area contributed by atoms with Gasteiger partial charge >= 0.3 is 0 Å². The lowest BCUT2D eigenvalue weighted by molar-refractivity contribution is 0.0978. The fourth-order valence-corrected chi connectivity index (χ4v) is 2.69. The van der Waals surface area contributed by atoms with Crippen LogP contribution in [0.15, 0.2) is 46.9 Å². The zero-order valence-electron chi connectivity index (χ0n) is 10.1. The second-order valence-corrected chi connectivity index (χ2v) is 5.40. The van der Waals surface area contributed by atoms with Gasteiger partial charge in [0.15, 0.2) is 5.78 Å². The van der Waals surface area contributed by atoms with Gasteiger partial charge < -0.3 is 0 Å². The van der Waals surface area contributed by atoms with Crippen molar-refractivity contribution in [2.24, 2.45) is 0 Å². The fraction of sp³-hybridized carbons (Fsp3) is 0.0667. The molecule has 0 aliphatic heterocycles. The van der Waals surface area contributed by atoms with Crippen LogP contribution in [0.4, 0.5) is 4.39 Å². The standard InChI is InChI=1S/C15H8BrClFNO/c16-14-7-10(17)4-5-12(14)15(20)13(8-19)9-2-1-3-11(18)6-9/h1-7,13H. The summed E-state index contributed by atoms with van der Waals surface area (Å²) < 4.78 is 13.7. The fourth-order valence-electron chi connectivity index (χ4n) is 1.82. The smallest absolute Gasteiger partial charge is 0.185 e. The maximum Gasteiger partial charge on any atom is 0.185 e. The van der Waals surface area contributed by atoms with Gasteiger partial charge in [0.1, 0.15) is 11.7 Å². The molecule has 0 saturated carbocycles. The highest BCUT2D eigenvalue weighted by Gasteiger charge is 2.23. The van der Waals surface area contributed by atoms with E-state index in [-0.39, 0.29) is 0 Å². The molecule has 0 spiro atoms. The molecule has 0 aliphatic carbocycles. The highest BCUT2D eigenvalue weighted by molar-refractivity contribution is 9.10. The Morgan fingerprint density at radius 1 is 1.30 bits per heavy atom. The quantitative estimate of drug-likeness (QED) is 0.749. The Bertz CT molecular complexity index is 711. The number of hydrogen-bond acceptors (Lipinski definition) is 2. The largest absolute Gasteiger partial charge is 0.292 e. The van der Waals surface area contributed by atoms with Crippen LogP contribution in [0.1, 0.15) is 21.8 Å². The number of ketones is 1. The van der Waals surface area contributed by atoms with E-state index in [0.29, 0.717) is 20.6 Å². The highest BCUT2D eigenvalue weighted by Crippen LogP contribution is 2.27. The average molecular weight is 353 g/mol. The Morgan fingerprint density at radius 3 is 2.65 bits per heavy atom. The van der Waals surface area contributed by atoms with Crippen molar-refractivity contribution in [1.82, 2.24) is 0 Å². The number of Topliss-reactive ketones (excluding diaryl/α,β-unsaturated/α-hetero) is 1. The number of benzene rings is 2. The van der Waals surface area contributed by atoms with Gasteiger partial charge in [-0.3, -0.25) is 4.79 Å². The Hall–Kier alpha value is -1.70. The Morgan fingerprint density at radius 2 is 2.05 bits per heavy atom. The maximum atomic E-state index is 13.2. The van der Waals surface area contributed by atoms with Crippen LogP contribution in [0.3, 0.4) is 0 Å².